The Bertz CT molecular complexity index is 527. The summed E-state index contributed by atoms with van der Waals surface area (Å²) in [5.41, 5.74) is 0.736. The van der Waals surface area contributed by atoms with Crippen molar-refractivity contribution in [2.75, 3.05) is 11.9 Å². The van der Waals surface area contributed by atoms with E-state index in [-0.39, 0.29) is 16.9 Å². The van der Waals surface area contributed by atoms with E-state index in [2.05, 4.69) is 26.2 Å². The molecular weight excluding hydrogens is 320 g/mol. The van der Waals surface area contributed by atoms with Crippen LogP contribution in [0.1, 0.15) is 41.7 Å². The smallest absolute Gasteiger partial charge is 0.256 e. The zero-order chi connectivity index (χ0) is 14.5. The molecule has 0 aromatic carbocycles. The molecule has 1 amide bonds. The van der Waals surface area contributed by atoms with E-state index in [1.807, 2.05) is 0 Å². The molecule has 1 aromatic heterocycles. The van der Waals surface area contributed by atoms with Crippen molar-refractivity contribution in [1.29, 1.82) is 0 Å². The number of pyridine rings is 1. The Morgan fingerprint density at radius 3 is 2.75 bits per heavy atom. The minimum absolute atomic E-state index is 0.196. The van der Waals surface area contributed by atoms with E-state index in [0.29, 0.717) is 18.4 Å². The molecule has 0 radical (unpaired) electrons. The molecule has 5 heteroatoms. The first-order valence-corrected chi connectivity index (χ1v) is 8.27. The van der Waals surface area contributed by atoms with Gasteiger partial charge in [0, 0.05) is 29.8 Å². The summed E-state index contributed by atoms with van der Waals surface area (Å²) in [4.78, 5) is 26.7. The molecule has 0 spiro atoms. The van der Waals surface area contributed by atoms with Gasteiger partial charge in [-0.1, -0.05) is 28.8 Å². The maximum Gasteiger partial charge on any atom is 0.256 e. The van der Waals surface area contributed by atoms with Gasteiger partial charge in [0.05, 0.1) is 0 Å². The summed E-state index contributed by atoms with van der Waals surface area (Å²) < 4.78 is 0. The normalized spacial score (nSPS) is 22.5. The fourth-order valence-electron chi connectivity index (χ4n) is 2.83. The molecule has 1 aromatic rings. The second-order valence-corrected chi connectivity index (χ2v) is 6.21. The average molecular weight is 341 g/mol. The molecule has 20 heavy (non-hydrogen) atoms. The molecule has 1 fully saturated rings. The van der Waals surface area contributed by atoms with E-state index >= 15 is 0 Å². The minimum Gasteiger partial charge on any atom is -0.364 e. The molecule has 1 saturated carbocycles. The van der Waals surface area contributed by atoms with Gasteiger partial charge in [0.1, 0.15) is 5.56 Å². The first-order valence-electron chi connectivity index (χ1n) is 7.15. The summed E-state index contributed by atoms with van der Waals surface area (Å²) >= 11 is 3.56. The lowest BCUT2D eigenvalue weighted by atomic mass is 9.80. The fraction of sp³-hybridized carbons (Fsp3) is 0.600. The van der Waals surface area contributed by atoms with Crippen LogP contribution in [0, 0.1) is 18.8 Å². The first-order chi connectivity index (χ1) is 9.61. The lowest BCUT2D eigenvalue weighted by Crippen LogP contribution is -2.36. The van der Waals surface area contributed by atoms with Crippen LogP contribution >= 0.6 is 15.9 Å². The van der Waals surface area contributed by atoms with Gasteiger partial charge in [0.25, 0.3) is 5.91 Å². The summed E-state index contributed by atoms with van der Waals surface area (Å²) in [6.07, 6.45) is 6.38. The molecule has 2 N–H and O–H groups in total. The topological polar surface area (TPSA) is 62.0 Å². The number of aromatic amines is 1. The highest BCUT2D eigenvalue weighted by molar-refractivity contribution is 9.09. The Kier molecular flexibility index (Phi) is 5.40. The molecule has 2 unspecified atom stereocenters. The third-order valence-electron chi connectivity index (χ3n) is 4.09. The van der Waals surface area contributed by atoms with Crippen molar-refractivity contribution >= 4 is 21.8 Å². The number of rotatable bonds is 4. The van der Waals surface area contributed by atoms with Gasteiger partial charge in [-0.25, -0.2) is 0 Å². The highest BCUT2D eigenvalue weighted by atomic mass is 79.9. The second-order valence-electron chi connectivity index (χ2n) is 5.56. The van der Waals surface area contributed by atoms with Gasteiger partial charge >= 0.3 is 0 Å². The molecule has 0 saturated heterocycles. The quantitative estimate of drug-likeness (QED) is 0.827. The van der Waals surface area contributed by atoms with Crippen molar-refractivity contribution in [3.05, 3.63) is 33.7 Å². The van der Waals surface area contributed by atoms with Crippen molar-refractivity contribution in [2.24, 2.45) is 11.8 Å². The SMILES string of the molecule is Cc1cc(=O)c(C(=O)NCC2CCCCC2CBr)c[nH]1. The van der Waals surface area contributed by atoms with Crippen LogP contribution in [0.15, 0.2) is 17.1 Å². The average Bonchev–Trinajstić information content (AvgIpc) is 2.45. The second kappa shape index (κ2) is 7.07. The maximum absolute atomic E-state index is 12.1. The molecule has 110 valence electrons. The standard InChI is InChI=1S/C15H21BrN2O2/c1-10-6-14(19)13(9-17-10)15(20)18-8-12-5-3-2-4-11(12)7-16/h6,9,11-12H,2-5,7-8H2,1H3,(H,17,19)(H,18,20). The Morgan fingerprint density at radius 2 is 2.10 bits per heavy atom. The molecule has 1 aliphatic carbocycles. The Hall–Kier alpha value is -1.10. The van der Waals surface area contributed by atoms with Crippen molar-refractivity contribution in [3.8, 4) is 0 Å². The fourth-order valence-corrected chi connectivity index (χ4v) is 3.68. The van der Waals surface area contributed by atoms with Crippen molar-refractivity contribution in [1.82, 2.24) is 10.3 Å². The number of nitrogens with one attached hydrogen (secondary N) is 2. The van der Waals surface area contributed by atoms with Crippen molar-refractivity contribution in [3.63, 3.8) is 0 Å². The Labute approximate surface area is 127 Å². The number of carbonyl (C=O) groups is 1. The van der Waals surface area contributed by atoms with Gasteiger partial charge in [0.15, 0.2) is 5.43 Å². The zero-order valence-corrected chi connectivity index (χ0v) is 13.3. The van der Waals surface area contributed by atoms with Gasteiger partial charge in [0.2, 0.25) is 0 Å². The van der Waals surface area contributed by atoms with Crippen molar-refractivity contribution < 1.29 is 4.79 Å². The van der Waals surface area contributed by atoms with E-state index in [1.165, 1.54) is 31.5 Å². The van der Waals surface area contributed by atoms with Gasteiger partial charge in [-0.15, -0.1) is 0 Å². The highest BCUT2D eigenvalue weighted by Crippen LogP contribution is 2.30. The lowest BCUT2D eigenvalue weighted by molar-refractivity contribution is 0.0935. The minimum atomic E-state index is -0.273. The number of amides is 1. The monoisotopic (exact) mass is 340 g/mol. The van der Waals surface area contributed by atoms with Crippen LogP contribution in [0.2, 0.25) is 0 Å². The van der Waals surface area contributed by atoms with E-state index in [1.54, 1.807) is 6.92 Å². The molecular formula is C15H21BrN2O2. The number of halogens is 1. The molecule has 2 atom stereocenters. The number of carbonyl (C=O) groups excluding carboxylic acids is 1. The molecule has 2 rings (SSSR count). The predicted molar refractivity (Wildman–Crippen MR) is 83.4 cm³/mol. The number of alkyl halides is 1. The van der Waals surface area contributed by atoms with Crippen LogP contribution < -0.4 is 10.7 Å². The largest absolute Gasteiger partial charge is 0.364 e. The van der Waals surface area contributed by atoms with E-state index in [9.17, 15) is 9.59 Å². The van der Waals surface area contributed by atoms with E-state index in [4.69, 9.17) is 0 Å². The summed E-state index contributed by atoms with van der Waals surface area (Å²) in [5, 5.41) is 3.90. The van der Waals surface area contributed by atoms with Crippen molar-refractivity contribution in [2.45, 2.75) is 32.6 Å². The number of aryl methyl sites for hydroxylation is 1. The molecule has 1 aliphatic rings. The van der Waals surface area contributed by atoms with Crippen LogP contribution in [0.5, 0.6) is 0 Å². The Balaban J connectivity index is 1.96. The number of aromatic nitrogens is 1. The third kappa shape index (κ3) is 3.72. The highest BCUT2D eigenvalue weighted by Gasteiger charge is 2.24. The maximum atomic E-state index is 12.1. The molecule has 0 aliphatic heterocycles. The van der Waals surface area contributed by atoms with Crippen LogP contribution in [-0.2, 0) is 0 Å². The molecule has 1 heterocycles. The summed E-state index contributed by atoms with van der Waals surface area (Å²) in [6, 6.07) is 1.46. The van der Waals surface area contributed by atoms with Crippen LogP contribution in [0.25, 0.3) is 0 Å². The number of H-pyrrole nitrogens is 1. The van der Waals surface area contributed by atoms with E-state index < -0.39 is 0 Å². The lowest BCUT2D eigenvalue weighted by Gasteiger charge is -2.30. The predicted octanol–water partition coefficient (Wildman–Crippen LogP) is 2.61. The van der Waals surface area contributed by atoms with Gasteiger partial charge in [-0.3, -0.25) is 9.59 Å². The summed E-state index contributed by atoms with van der Waals surface area (Å²) in [5.74, 6) is 0.863. The van der Waals surface area contributed by atoms with Gasteiger partial charge in [-0.2, -0.15) is 0 Å². The van der Waals surface area contributed by atoms with E-state index in [0.717, 1.165) is 17.4 Å². The number of hydrogen-bond donors (Lipinski definition) is 2. The van der Waals surface area contributed by atoms with Crippen LogP contribution in [0.4, 0.5) is 0 Å². The van der Waals surface area contributed by atoms with Crippen LogP contribution in [-0.4, -0.2) is 22.8 Å². The van der Waals surface area contributed by atoms with Gasteiger partial charge < -0.3 is 10.3 Å². The summed E-state index contributed by atoms with van der Waals surface area (Å²) in [7, 11) is 0. The number of hydrogen-bond acceptors (Lipinski definition) is 2. The van der Waals surface area contributed by atoms with Crippen LogP contribution in [0.3, 0.4) is 0 Å². The Morgan fingerprint density at radius 1 is 1.40 bits per heavy atom. The zero-order valence-electron chi connectivity index (χ0n) is 11.7. The molecule has 0 bridgehead atoms. The van der Waals surface area contributed by atoms with Gasteiger partial charge in [-0.05, 0) is 31.6 Å². The third-order valence-corrected chi connectivity index (χ3v) is 4.92. The summed E-state index contributed by atoms with van der Waals surface area (Å²) in [6.45, 7) is 2.45. The molecule has 4 nitrogen and oxygen atoms in total. The first kappa shape index (κ1) is 15.3.